The topological polar surface area (TPSA) is 89.2 Å². The number of alkyl halides is 2. The number of rotatable bonds is 6. The summed E-state index contributed by atoms with van der Waals surface area (Å²) >= 11 is 0. The van der Waals surface area contributed by atoms with Gasteiger partial charge in [0.15, 0.2) is 0 Å². The van der Waals surface area contributed by atoms with Crippen LogP contribution < -0.4 is 0 Å². The number of azide groups is 1. The highest BCUT2D eigenvalue weighted by Gasteiger charge is 2.21. The molecule has 1 aromatic rings. The first-order chi connectivity index (χ1) is 8.97. The summed E-state index contributed by atoms with van der Waals surface area (Å²) in [6.45, 7) is -0.0354. The summed E-state index contributed by atoms with van der Waals surface area (Å²) in [6.07, 6.45) is -5.68. The van der Waals surface area contributed by atoms with E-state index in [1.807, 2.05) is 0 Å². The summed E-state index contributed by atoms with van der Waals surface area (Å²) < 4.78 is 37.9. The molecule has 104 valence electrons. The van der Waals surface area contributed by atoms with Crippen molar-refractivity contribution in [3.05, 3.63) is 45.6 Å². The lowest BCUT2D eigenvalue weighted by molar-refractivity contribution is 0.0148. The predicted molar refractivity (Wildman–Crippen MR) is 61.0 cm³/mol. The van der Waals surface area contributed by atoms with Gasteiger partial charge in [-0.1, -0.05) is 17.2 Å². The van der Waals surface area contributed by atoms with E-state index in [0.717, 1.165) is 18.2 Å². The first kappa shape index (κ1) is 15.3. The van der Waals surface area contributed by atoms with Crippen molar-refractivity contribution in [3.8, 4) is 0 Å². The maximum atomic E-state index is 13.3. The van der Waals surface area contributed by atoms with Crippen LogP contribution in [0.5, 0.6) is 0 Å². The molecule has 2 N–H and O–H groups in total. The maximum Gasteiger partial charge on any atom is 0.266 e. The highest BCUT2D eigenvalue weighted by Crippen LogP contribution is 2.26. The number of aliphatic hydroxyl groups is 2. The second kappa shape index (κ2) is 6.98. The average molecular weight is 275 g/mol. The lowest BCUT2D eigenvalue weighted by atomic mass is 10.0. The van der Waals surface area contributed by atoms with Crippen molar-refractivity contribution in [2.24, 2.45) is 5.11 Å². The van der Waals surface area contributed by atoms with Crippen molar-refractivity contribution in [2.75, 3.05) is 6.54 Å². The van der Waals surface area contributed by atoms with Gasteiger partial charge in [0.25, 0.3) is 6.43 Å². The Kier molecular flexibility index (Phi) is 5.62. The molecule has 0 amide bonds. The van der Waals surface area contributed by atoms with E-state index in [0.29, 0.717) is 0 Å². The third kappa shape index (κ3) is 4.13. The highest BCUT2D eigenvalue weighted by atomic mass is 19.3. The van der Waals surface area contributed by atoms with E-state index in [1.54, 1.807) is 0 Å². The molecule has 19 heavy (non-hydrogen) atoms. The Morgan fingerprint density at radius 3 is 2.53 bits per heavy atom. The molecule has 0 saturated carbocycles. The van der Waals surface area contributed by atoms with Crippen LogP contribution in [-0.4, -0.2) is 22.9 Å². The van der Waals surface area contributed by atoms with Crippen LogP contribution in [-0.2, 0) is 0 Å². The zero-order chi connectivity index (χ0) is 14.4. The largest absolute Gasteiger partial charge is 0.390 e. The monoisotopic (exact) mass is 275 g/mol. The fourth-order valence-electron chi connectivity index (χ4n) is 1.52. The number of aliphatic hydroxyl groups excluding tert-OH is 2. The molecule has 0 aromatic heterocycles. The van der Waals surface area contributed by atoms with Crippen LogP contribution in [0.1, 0.15) is 30.1 Å². The number of benzene rings is 1. The van der Waals surface area contributed by atoms with Crippen LogP contribution in [0.3, 0.4) is 0 Å². The van der Waals surface area contributed by atoms with Gasteiger partial charge in [-0.15, -0.1) is 0 Å². The molecule has 0 aliphatic carbocycles. The fourth-order valence-corrected chi connectivity index (χ4v) is 1.52. The van der Waals surface area contributed by atoms with Crippen LogP contribution in [0.2, 0.25) is 0 Å². The quantitative estimate of drug-likeness (QED) is 0.475. The molecule has 1 rings (SSSR count). The molecule has 0 spiro atoms. The molecule has 0 aliphatic heterocycles. The fraction of sp³-hybridized carbons (Fsp3) is 0.455. The van der Waals surface area contributed by atoms with E-state index in [1.165, 1.54) is 0 Å². The lowest BCUT2D eigenvalue weighted by Crippen LogP contribution is -2.19. The van der Waals surface area contributed by atoms with Crippen molar-refractivity contribution >= 4 is 0 Å². The van der Waals surface area contributed by atoms with E-state index < -0.39 is 30.0 Å². The van der Waals surface area contributed by atoms with Crippen molar-refractivity contribution in [1.82, 2.24) is 0 Å². The van der Waals surface area contributed by atoms with Gasteiger partial charge in [0.2, 0.25) is 0 Å². The minimum Gasteiger partial charge on any atom is -0.390 e. The van der Waals surface area contributed by atoms with Crippen LogP contribution >= 0.6 is 0 Å². The molecular weight excluding hydrogens is 263 g/mol. The second-order valence-corrected chi connectivity index (χ2v) is 3.84. The third-order valence-corrected chi connectivity index (χ3v) is 2.55. The summed E-state index contributed by atoms with van der Waals surface area (Å²) in [5, 5.41) is 22.4. The van der Waals surface area contributed by atoms with Crippen molar-refractivity contribution in [3.63, 3.8) is 0 Å². The zero-order valence-corrected chi connectivity index (χ0v) is 9.75. The van der Waals surface area contributed by atoms with E-state index in [-0.39, 0.29) is 18.5 Å². The summed E-state index contributed by atoms with van der Waals surface area (Å²) in [7, 11) is 0. The summed E-state index contributed by atoms with van der Waals surface area (Å²) in [6, 6.07) is 2.73. The first-order valence-electron chi connectivity index (χ1n) is 5.42. The minimum absolute atomic E-state index is 0.0182. The summed E-state index contributed by atoms with van der Waals surface area (Å²) in [5.74, 6) is -1.14. The van der Waals surface area contributed by atoms with Crippen LogP contribution in [0.15, 0.2) is 23.3 Å². The Labute approximate surface area is 106 Å². The molecule has 5 nitrogen and oxygen atoms in total. The van der Waals surface area contributed by atoms with E-state index in [9.17, 15) is 23.4 Å². The summed E-state index contributed by atoms with van der Waals surface area (Å²) in [5.41, 5.74) is 7.26. The molecule has 2 atom stereocenters. The van der Waals surface area contributed by atoms with Gasteiger partial charge in [-0.3, -0.25) is 0 Å². The average Bonchev–Trinajstić information content (AvgIpc) is 2.37. The Morgan fingerprint density at radius 2 is 2.00 bits per heavy atom. The number of hydrogen-bond acceptors (Lipinski definition) is 3. The van der Waals surface area contributed by atoms with Crippen LogP contribution in [0.25, 0.3) is 10.4 Å². The number of halogens is 3. The van der Waals surface area contributed by atoms with Gasteiger partial charge < -0.3 is 10.2 Å². The Bertz CT molecular complexity index is 478. The predicted octanol–water partition coefficient (Wildman–Crippen LogP) is 2.86. The van der Waals surface area contributed by atoms with E-state index >= 15 is 0 Å². The summed E-state index contributed by atoms with van der Waals surface area (Å²) in [4.78, 5) is 2.47. The van der Waals surface area contributed by atoms with E-state index in [2.05, 4.69) is 10.0 Å². The SMILES string of the molecule is [N-]=[N+]=NCCC(O)C(O)c1ccc(C(F)F)c(F)c1. The van der Waals surface area contributed by atoms with Crippen LogP contribution in [0, 0.1) is 5.82 Å². The van der Waals surface area contributed by atoms with Gasteiger partial charge in [0.1, 0.15) is 11.9 Å². The van der Waals surface area contributed by atoms with Gasteiger partial charge in [0, 0.05) is 11.5 Å². The van der Waals surface area contributed by atoms with Gasteiger partial charge in [0.05, 0.1) is 11.7 Å². The highest BCUT2D eigenvalue weighted by molar-refractivity contribution is 5.27. The zero-order valence-electron chi connectivity index (χ0n) is 9.75. The smallest absolute Gasteiger partial charge is 0.266 e. The Hall–Kier alpha value is -1.76. The first-order valence-corrected chi connectivity index (χ1v) is 5.42. The number of nitrogens with zero attached hydrogens (tertiary/aromatic N) is 3. The van der Waals surface area contributed by atoms with Crippen molar-refractivity contribution in [1.29, 1.82) is 0 Å². The van der Waals surface area contributed by atoms with Crippen LogP contribution in [0.4, 0.5) is 13.2 Å². The molecule has 0 bridgehead atoms. The van der Waals surface area contributed by atoms with Gasteiger partial charge >= 0.3 is 0 Å². The minimum atomic E-state index is -2.94. The molecule has 1 aromatic carbocycles. The Morgan fingerprint density at radius 1 is 1.32 bits per heavy atom. The molecule has 8 heteroatoms. The molecule has 0 fully saturated rings. The van der Waals surface area contributed by atoms with Crippen molar-refractivity contribution in [2.45, 2.75) is 25.1 Å². The van der Waals surface area contributed by atoms with Gasteiger partial charge in [-0.25, -0.2) is 13.2 Å². The molecule has 0 aliphatic rings. The molecule has 0 heterocycles. The van der Waals surface area contributed by atoms with Crippen molar-refractivity contribution < 1.29 is 23.4 Å². The lowest BCUT2D eigenvalue weighted by Gasteiger charge is -2.18. The second-order valence-electron chi connectivity index (χ2n) is 3.84. The molecule has 0 radical (unpaired) electrons. The van der Waals surface area contributed by atoms with Gasteiger partial charge in [-0.2, -0.15) is 0 Å². The Balaban J connectivity index is 2.79. The van der Waals surface area contributed by atoms with Gasteiger partial charge in [-0.05, 0) is 23.6 Å². The maximum absolute atomic E-state index is 13.3. The molecule has 2 unspecified atom stereocenters. The normalized spacial score (nSPS) is 14.0. The molecular formula is C11H12F3N3O2. The third-order valence-electron chi connectivity index (χ3n) is 2.55. The molecule has 0 saturated heterocycles. The standard InChI is InChI=1S/C11H12F3N3O2/c12-8-5-6(1-2-7(8)11(13)14)10(19)9(18)3-4-16-17-15/h1-2,5,9-11,18-19H,3-4H2. The van der Waals surface area contributed by atoms with E-state index in [4.69, 9.17) is 5.53 Å². The number of hydrogen-bond donors (Lipinski definition) is 2.